The average Bonchev–Trinajstić information content (AvgIpc) is 3.26. The molecule has 20 nitrogen and oxygen atoms in total. The monoisotopic (exact) mass is 949 g/mol. The van der Waals surface area contributed by atoms with Crippen LogP contribution in [0.15, 0.2) is 14.4 Å². The van der Waals surface area contributed by atoms with E-state index in [0.29, 0.717) is 136 Å². The molecule has 2 N–H and O–H groups in total. The summed E-state index contributed by atoms with van der Waals surface area (Å²) < 4.78 is 53.9. The molecular formula is C42H80N6O14Si2. The van der Waals surface area contributed by atoms with E-state index in [2.05, 4.69) is 10.6 Å². The number of carbonyl (C=O) groups is 2. The first-order valence-electron chi connectivity index (χ1n) is 23.6. The summed E-state index contributed by atoms with van der Waals surface area (Å²) in [6.07, 6.45) is 9.78. The topological polar surface area (TPSA) is 231 Å². The van der Waals surface area contributed by atoms with Crippen molar-refractivity contribution in [1.82, 2.24) is 24.3 Å². The van der Waals surface area contributed by atoms with E-state index in [9.17, 15) is 24.0 Å². The van der Waals surface area contributed by atoms with Crippen molar-refractivity contribution in [2.24, 2.45) is 0 Å². The molecule has 0 aliphatic carbocycles. The predicted octanol–water partition coefficient (Wildman–Crippen LogP) is 5.68. The number of alkyl carbamates (subject to hydrolysis) is 2. The number of nitrogens with zero attached hydrogens (tertiary/aromatic N) is 4. The zero-order valence-electron chi connectivity index (χ0n) is 39.7. The smallest absolute Gasteiger partial charge is 0.450 e. The van der Waals surface area contributed by atoms with Gasteiger partial charge in [0.25, 0.3) is 6.26 Å². The lowest BCUT2D eigenvalue weighted by molar-refractivity contribution is 0.0677. The van der Waals surface area contributed by atoms with E-state index in [-0.39, 0.29) is 32.8 Å². The van der Waals surface area contributed by atoms with Crippen LogP contribution in [-0.2, 0) is 60.4 Å². The normalized spacial score (nSPS) is 11.6. The van der Waals surface area contributed by atoms with Gasteiger partial charge in [0.15, 0.2) is 0 Å². The Hall–Kier alpha value is -3.57. The Morgan fingerprint density at radius 1 is 0.469 bits per heavy atom. The van der Waals surface area contributed by atoms with Gasteiger partial charge in [-0.25, -0.2) is 37.7 Å². The van der Waals surface area contributed by atoms with E-state index < -0.39 is 46.9 Å². The van der Waals surface area contributed by atoms with Crippen molar-refractivity contribution in [1.29, 1.82) is 5.26 Å². The molecular weight excluding hydrogens is 869 g/mol. The summed E-state index contributed by atoms with van der Waals surface area (Å²) in [6, 6.07) is 1.10. The van der Waals surface area contributed by atoms with Gasteiger partial charge < -0.3 is 51.4 Å². The molecule has 1 aromatic heterocycles. The van der Waals surface area contributed by atoms with Crippen LogP contribution in [0, 0.1) is 11.5 Å². The highest BCUT2D eigenvalue weighted by atomic mass is 28.4. The highest BCUT2D eigenvalue weighted by Crippen LogP contribution is 2.19. The highest BCUT2D eigenvalue weighted by Gasteiger charge is 2.40. The van der Waals surface area contributed by atoms with Crippen LogP contribution in [0.1, 0.15) is 131 Å². The zero-order valence-corrected chi connectivity index (χ0v) is 41.7. The van der Waals surface area contributed by atoms with E-state index >= 15 is 0 Å². The molecule has 1 rings (SSSR count). The molecule has 1 aromatic rings. The molecule has 0 radical (unpaired) electrons. The standard InChI is InChI=1S/C42H80N6O14Si2/c1-7-57-63(58-8-2,59-9-3)35-25-33-55-38(49)44-27-19-13-15-21-29-46-40(51)47(42(53)48(41(46)52)31-23-17-18-24-32-54-37-43)30-22-16-14-20-28-45-39(50)56-34-26-36-64(60-10-4,61-11-5)62-12-6/h7-36H2,1-6H3,(H,44,49)(H,45,50). The first kappa shape index (κ1) is 58.5. The molecule has 0 saturated carbocycles. The lowest BCUT2D eigenvalue weighted by Gasteiger charge is -2.28. The van der Waals surface area contributed by atoms with Crippen molar-refractivity contribution in [2.45, 2.75) is 163 Å². The van der Waals surface area contributed by atoms with Gasteiger partial charge in [0.05, 0.1) is 13.2 Å². The minimum absolute atomic E-state index is 0.158. The molecule has 22 heteroatoms. The Morgan fingerprint density at radius 3 is 1.09 bits per heavy atom. The van der Waals surface area contributed by atoms with Crippen molar-refractivity contribution in [3.8, 4) is 6.26 Å². The third kappa shape index (κ3) is 24.1. The first-order chi connectivity index (χ1) is 31.0. The summed E-state index contributed by atoms with van der Waals surface area (Å²) >= 11 is 0. The maximum absolute atomic E-state index is 13.6. The van der Waals surface area contributed by atoms with Crippen LogP contribution in [0.2, 0.25) is 12.1 Å². The Labute approximate surface area is 382 Å². The number of hydrogen-bond acceptors (Lipinski definition) is 15. The van der Waals surface area contributed by atoms with Crippen LogP contribution in [0.4, 0.5) is 9.59 Å². The lowest BCUT2D eigenvalue weighted by Crippen LogP contribution is -2.54. The van der Waals surface area contributed by atoms with E-state index in [4.69, 9.17) is 46.0 Å². The number of rotatable bonds is 41. The van der Waals surface area contributed by atoms with Gasteiger partial charge in [-0.05, 0) is 99.3 Å². The second-order valence-corrected chi connectivity index (χ2v) is 20.2. The van der Waals surface area contributed by atoms with Crippen LogP contribution in [-0.4, -0.2) is 116 Å². The second kappa shape index (κ2) is 36.6. The number of amides is 2. The summed E-state index contributed by atoms with van der Waals surface area (Å²) in [5.41, 5.74) is -1.87. The molecule has 0 bridgehead atoms. The number of carbonyl (C=O) groups excluding carboxylic acids is 2. The van der Waals surface area contributed by atoms with Gasteiger partial charge in [-0.3, -0.25) is 0 Å². The SMILES string of the molecule is CCO[Si](CCCOC(=O)NCCCCCCn1c(=O)n(CCCCCCNC(=O)OCCC[Si](OCC)(OCC)OCC)c(=O)n(CCCCCCOC#N)c1=O)(OCC)OCC. The molecule has 2 amide bonds. The number of ether oxygens (including phenoxy) is 3. The summed E-state index contributed by atoms with van der Waals surface area (Å²) in [5, 5.41) is 14.1. The minimum atomic E-state index is -2.80. The maximum atomic E-state index is 13.6. The lowest BCUT2D eigenvalue weighted by atomic mass is 10.2. The van der Waals surface area contributed by atoms with Crippen molar-refractivity contribution in [3.63, 3.8) is 0 Å². The molecule has 0 fully saturated rings. The Kier molecular flexibility index (Phi) is 33.5. The van der Waals surface area contributed by atoms with Crippen molar-refractivity contribution in [3.05, 3.63) is 31.5 Å². The van der Waals surface area contributed by atoms with E-state index in [1.54, 1.807) is 6.26 Å². The van der Waals surface area contributed by atoms with Crippen LogP contribution in [0.25, 0.3) is 0 Å². The quantitative estimate of drug-likeness (QED) is 0.0457. The van der Waals surface area contributed by atoms with Crippen LogP contribution >= 0.6 is 0 Å². The Bertz CT molecular complexity index is 1490. The van der Waals surface area contributed by atoms with E-state index in [0.717, 1.165) is 39.4 Å². The van der Waals surface area contributed by atoms with Gasteiger partial charge in [-0.2, -0.15) is 5.26 Å². The summed E-state index contributed by atoms with van der Waals surface area (Å²) in [5.74, 6) is 0. The summed E-state index contributed by atoms with van der Waals surface area (Å²) in [6.45, 7) is 16.3. The fourth-order valence-corrected chi connectivity index (χ4v) is 12.1. The highest BCUT2D eigenvalue weighted by molar-refractivity contribution is 6.61. The van der Waals surface area contributed by atoms with E-state index in [1.165, 1.54) is 0 Å². The van der Waals surface area contributed by atoms with Gasteiger partial charge in [-0.1, -0.05) is 32.1 Å². The number of unbranched alkanes of at least 4 members (excludes halogenated alkanes) is 9. The number of hydrogen-bond donors (Lipinski definition) is 2. The first-order valence-corrected chi connectivity index (χ1v) is 27.5. The zero-order chi connectivity index (χ0) is 47.3. The van der Waals surface area contributed by atoms with E-state index in [1.807, 2.05) is 41.5 Å². The third-order valence-corrected chi connectivity index (χ3v) is 16.2. The molecule has 0 aliphatic heterocycles. The molecule has 1 heterocycles. The number of aromatic nitrogens is 3. The molecule has 370 valence electrons. The van der Waals surface area contributed by atoms with Crippen LogP contribution < -0.4 is 27.7 Å². The molecule has 0 aliphatic rings. The van der Waals surface area contributed by atoms with Crippen LogP contribution in [0.3, 0.4) is 0 Å². The molecule has 0 spiro atoms. The van der Waals surface area contributed by atoms with Crippen molar-refractivity contribution >= 4 is 29.8 Å². The number of nitrogens with one attached hydrogen (secondary N) is 2. The fraction of sp³-hybridized carbons (Fsp3) is 0.857. The third-order valence-electron chi connectivity index (χ3n) is 9.89. The van der Waals surface area contributed by atoms with Gasteiger partial charge in [0, 0.05) is 84.5 Å². The van der Waals surface area contributed by atoms with Crippen molar-refractivity contribution in [2.75, 3.05) is 72.6 Å². The number of nitriles is 1. The maximum Gasteiger partial charge on any atom is 0.501 e. The molecule has 0 unspecified atom stereocenters. The largest absolute Gasteiger partial charge is 0.501 e. The predicted molar refractivity (Wildman–Crippen MR) is 245 cm³/mol. The molecule has 0 aromatic carbocycles. The van der Waals surface area contributed by atoms with Gasteiger partial charge in [0.2, 0.25) is 0 Å². The second-order valence-electron chi connectivity index (χ2n) is 14.8. The molecule has 64 heavy (non-hydrogen) atoms. The summed E-state index contributed by atoms with van der Waals surface area (Å²) in [4.78, 5) is 65.0. The summed E-state index contributed by atoms with van der Waals surface area (Å²) in [7, 11) is -5.59. The minimum Gasteiger partial charge on any atom is -0.450 e. The Balaban J connectivity index is 2.64. The molecule has 0 saturated heterocycles. The van der Waals surface area contributed by atoms with Crippen LogP contribution in [0.5, 0.6) is 0 Å². The fourth-order valence-electron chi connectivity index (χ4n) is 6.99. The molecule has 0 atom stereocenters. The average molecular weight is 949 g/mol. The van der Waals surface area contributed by atoms with Gasteiger partial charge >= 0.3 is 46.9 Å². The van der Waals surface area contributed by atoms with Gasteiger partial charge in [0.1, 0.15) is 6.61 Å². The Morgan fingerprint density at radius 2 is 0.781 bits per heavy atom. The van der Waals surface area contributed by atoms with Crippen molar-refractivity contribution < 1.29 is 50.4 Å². The van der Waals surface area contributed by atoms with Gasteiger partial charge in [-0.15, -0.1) is 0 Å².